The van der Waals surface area contributed by atoms with Gasteiger partial charge in [-0.3, -0.25) is 0 Å². The lowest BCUT2D eigenvalue weighted by Gasteiger charge is -2.11. The van der Waals surface area contributed by atoms with Gasteiger partial charge in [0.1, 0.15) is 11.3 Å². The van der Waals surface area contributed by atoms with E-state index in [-0.39, 0.29) is 0 Å². The summed E-state index contributed by atoms with van der Waals surface area (Å²) >= 11 is 0. The molecule has 0 aliphatic heterocycles. The zero-order valence-electron chi connectivity index (χ0n) is 10.4. The van der Waals surface area contributed by atoms with Crippen LogP contribution < -0.4 is 0 Å². The number of hydrogen-bond donors (Lipinski definition) is 1. The van der Waals surface area contributed by atoms with Crippen molar-refractivity contribution < 1.29 is 5.11 Å². The first kappa shape index (κ1) is 11.8. The van der Waals surface area contributed by atoms with Crippen molar-refractivity contribution in [2.75, 3.05) is 0 Å². The first-order valence-corrected chi connectivity index (χ1v) is 5.75. The van der Waals surface area contributed by atoms with Crippen LogP contribution in [0.25, 0.3) is 5.69 Å². The Balaban J connectivity index is 2.37. The van der Waals surface area contributed by atoms with Crippen LogP contribution in [-0.4, -0.2) is 20.1 Å². The number of aryl methyl sites for hydroxylation is 1. The SMILES string of the molecule is CCc1cccc(-n2cc(C(C)(C)O)nn2)c1. The predicted molar refractivity (Wildman–Crippen MR) is 66.0 cm³/mol. The molecule has 4 heteroatoms. The van der Waals surface area contributed by atoms with E-state index < -0.39 is 5.60 Å². The Morgan fingerprint density at radius 3 is 2.71 bits per heavy atom. The van der Waals surface area contributed by atoms with Crippen LogP contribution in [0.5, 0.6) is 0 Å². The van der Waals surface area contributed by atoms with Crippen LogP contribution in [0.1, 0.15) is 32.0 Å². The van der Waals surface area contributed by atoms with Gasteiger partial charge < -0.3 is 5.11 Å². The van der Waals surface area contributed by atoms with E-state index in [4.69, 9.17) is 0 Å². The molecular weight excluding hydrogens is 214 g/mol. The first-order valence-electron chi connectivity index (χ1n) is 5.75. The highest BCUT2D eigenvalue weighted by atomic mass is 16.3. The van der Waals surface area contributed by atoms with Crippen LogP contribution in [0.3, 0.4) is 0 Å². The van der Waals surface area contributed by atoms with E-state index in [2.05, 4.69) is 29.4 Å². The average molecular weight is 231 g/mol. The highest BCUT2D eigenvalue weighted by molar-refractivity contribution is 5.35. The number of rotatable bonds is 3. The van der Waals surface area contributed by atoms with Gasteiger partial charge in [-0.2, -0.15) is 0 Å². The van der Waals surface area contributed by atoms with Gasteiger partial charge in [-0.25, -0.2) is 4.68 Å². The monoisotopic (exact) mass is 231 g/mol. The van der Waals surface area contributed by atoms with Gasteiger partial charge in [0.2, 0.25) is 0 Å². The summed E-state index contributed by atoms with van der Waals surface area (Å²) in [7, 11) is 0. The summed E-state index contributed by atoms with van der Waals surface area (Å²) in [4.78, 5) is 0. The molecule has 0 spiro atoms. The standard InChI is InChI=1S/C13H17N3O/c1-4-10-6-5-7-11(8-10)16-9-12(14-15-16)13(2,3)17/h5-9,17H,4H2,1-3H3. The maximum absolute atomic E-state index is 9.83. The van der Waals surface area contributed by atoms with Gasteiger partial charge in [0, 0.05) is 0 Å². The Bertz CT molecular complexity index is 511. The third-order valence-electron chi connectivity index (χ3n) is 2.70. The van der Waals surface area contributed by atoms with E-state index in [1.165, 1.54) is 5.56 Å². The molecule has 4 nitrogen and oxygen atoms in total. The Morgan fingerprint density at radius 1 is 1.35 bits per heavy atom. The quantitative estimate of drug-likeness (QED) is 0.879. The molecular formula is C13H17N3O. The summed E-state index contributed by atoms with van der Waals surface area (Å²) in [6.45, 7) is 5.51. The van der Waals surface area contributed by atoms with Crippen LogP contribution in [-0.2, 0) is 12.0 Å². The fourth-order valence-corrected chi connectivity index (χ4v) is 1.59. The van der Waals surface area contributed by atoms with Gasteiger partial charge in [-0.15, -0.1) is 5.10 Å². The van der Waals surface area contributed by atoms with Gasteiger partial charge in [-0.1, -0.05) is 24.3 Å². The van der Waals surface area contributed by atoms with E-state index in [0.717, 1.165) is 12.1 Å². The van der Waals surface area contributed by atoms with E-state index in [1.54, 1.807) is 24.7 Å². The van der Waals surface area contributed by atoms with E-state index in [0.29, 0.717) is 5.69 Å². The second kappa shape index (κ2) is 4.30. The molecule has 0 radical (unpaired) electrons. The number of aliphatic hydroxyl groups is 1. The van der Waals surface area contributed by atoms with Gasteiger partial charge in [0.05, 0.1) is 11.9 Å². The van der Waals surface area contributed by atoms with Gasteiger partial charge in [-0.05, 0) is 38.0 Å². The second-order valence-corrected chi connectivity index (χ2v) is 4.63. The molecule has 0 fully saturated rings. The summed E-state index contributed by atoms with van der Waals surface area (Å²) in [5.41, 5.74) is 1.83. The average Bonchev–Trinajstić information content (AvgIpc) is 2.78. The first-order chi connectivity index (χ1) is 8.00. The van der Waals surface area contributed by atoms with Crippen LogP contribution in [0.2, 0.25) is 0 Å². The molecule has 90 valence electrons. The molecule has 1 aromatic carbocycles. The van der Waals surface area contributed by atoms with Gasteiger partial charge in [0.15, 0.2) is 0 Å². The number of nitrogens with zero attached hydrogens (tertiary/aromatic N) is 3. The Hall–Kier alpha value is -1.68. The highest BCUT2D eigenvalue weighted by Gasteiger charge is 2.20. The Labute approximate surface area is 101 Å². The Morgan fingerprint density at radius 2 is 2.12 bits per heavy atom. The molecule has 2 rings (SSSR count). The number of hydrogen-bond acceptors (Lipinski definition) is 3. The second-order valence-electron chi connectivity index (χ2n) is 4.63. The van der Waals surface area contributed by atoms with Crippen molar-refractivity contribution in [3.63, 3.8) is 0 Å². The lowest BCUT2D eigenvalue weighted by Crippen LogP contribution is -2.15. The molecule has 0 aliphatic carbocycles. The molecule has 17 heavy (non-hydrogen) atoms. The predicted octanol–water partition coefficient (Wildman–Crippen LogP) is 2.06. The van der Waals surface area contributed by atoms with Crippen molar-refractivity contribution in [3.05, 3.63) is 41.7 Å². The van der Waals surface area contributed by atoms with Crippen LogP contribution in [0.15, 0.2) is 30.5 Å². The zero-order chi connectivity index (χ0) is 12.5. The molecule has 1 aromatic heterocycles. The van der Waals surface area contributed by atoms with E-state index in [1.807, 2.05) is 12.1 Å². The van der Waals surface area contributed by atoms with Gasteiger partial charge >= 0.3 is 0 Å². The highest BCUT2D eigenvalue weighted by Crippen LogP contribution is 2.18. The molecule has 1 N–H and O–H groups in total. The number of aromatic nitrogens is 3. The molecule has 0 atom stereocenters. The minimum Gasteiger partial charge on any atom is -0.384 e. The van der Waals surface area contributed by atoms with Crippen molar-refractivity contribution >= 4 is 0 Å². The summed E-state index contributed by atoms with van der Waals surface area (Å²) in [6, 6.07) is 8.13. The van der Waals surface area contributed by atoms with Crippen molar-refractivity contribution in [2.24, 2.45) is 0 Å². The minimum atomic E-state index is -0.958. The van der Waals surface area contributed by atoms with Gasteiger partial charge in [0.25, 0.3) is 0 Å². The van der Waals surface area contributed by atoms with Crippen molar-refractivity contribution in [3.8, 4) is 5.69 Å². The molecule has 0 amide bonds. The molecule has 1 heterocycles. The summed E-state index contributed by atoms with van der Waals surface area (Å²) in [5.74, 6) is 0. The van der Waals surface area contributed by atoms with Crippen molar-refractivity contribution in [2.45, 2.75) is 32.8 Å². The van der Waals surface area contributed by atoms with Crippen LogP contribution >= 0.6 is 0 Å². The van der Waals surface area contributed by atoms with Crippen LogP contribution in [0, 0.1) is 0 Å². The number of benzene rings is 1. The normalized spacial score (nSPS) is 11.8. The summed E-state index contributed by atoms with van der Waals surface area (Å²) in [6.07, 6.45) is 2.75. The molecule has 0 unspecified atom stereocenters. The van der Waals surface area contributed by atoms with Crippen LogP contribution in [0.4, 0.5) is 0 Å². The topological polar surface area (TPSA) is 50.9 Å². The molecule has 0 saturated carbocycles. The third-order valence-corrected chi connectivity index (χ3v) is 2.70. The smallest absolute Gasteiger partial charge is 0.114 e. The zero-order valence-corrected chi connectivity index (χ0v) is 10.4. The van der Waals surface area contributed by atoms with E-state index >= 15 is 0 Å². The Kier molecular flexibility index (Phi) is 2.98. The fraction of sp³-hybridized carbons (Fsp3) is 0.385. The molecule has 0 aliphatic rings. The third kappa shape index (κ3) is 2.53. The van der Waals surface area contributed by atoms with Crippen molar-refractivity contribution in [1.82, 2.24) is 15.0 Å². The lowest BCUT2D eigenvalue weighted by molar-refractivity contribution is 0.0737. The largest absolute Gasteiger partial charge is 0.384 e. The maximum Gasteiger partial charge on any atom is 0.114 e. The molecule has 0 saturated heterocycles. The summed E-state index contributed by atoms with van der Waals surface area (Å²) < 4.78 is 1.69. The fourth-order valence-electron chi connectivity index (χ4n) is 1.59. The molecule has 0 bridgehead atoms. The minimum absolute atomic E-state index is 0.569. The van der Waals surface area contributed by atoms with Crippen molar-refractivity contribution in [1.29, 1.82) is 0 Å². The molecule has 2 aromatic rings. The lowest BCUT2D eigenvalue weighted by atomic mass is 10.1. The maximum atomic E-state index is 9.83. The van der Waals surface area contributed by atoms with E-state index in [9.17, 15) is 5.11 Å². The summed E-state index contributed by atoms with van der Waals surface area (Å²) in [5, 5.41) is 17.9.